The number of anilines is 1. The average molecular weight is 240 g/mol. The molecular weight excluding hydrogens is 224 g/mol. The molecule has 2 rings (SSSR count). The first-order chi connectivity index (χ1) is 7.39. The number of sulfonamides is 1. The Morgan fingerprint density at radius 3 is 2.69 bits per heavy atom. The van der Waals surface area contributed by atoms with E-state index in [-0.39, 0.29) is 11.3 Å². The van der Waals surface area contributed by atoms with Gasteiger partial charge in [-0.1, -0.05) is 12.1 Å². The quantitative estimate of drug-likeness (QED) is 0.778. The van der Waals surface area contributed by atoms with Gasteiger partial charge in [0.1, 0.15) is 0 Å². The predicted molar refractivity (Wildman–Crippen MR) is 64.3 cm³/mol. The highest BCUT2D eigenvalue weighted by molar-refractivity contribution is 7.88. The van der Waals surface area contributed by atoms with Crippen LogP contribution in [0.1, 0.15) is 25.3 Å². The van der Waals surface area contributed by atoms with Crippen molar-refractivity contribution in [3.05, 3.63) is 29.8 Å². The molecule has 0 heterocycles. The molecule has 0 saturated heterocycles. The zero-order valence-corrected chi connectivity index (χ0v) is 10.0. The fourth-order valence-electron chi connectivity index (χ4n) is 1.60. The molecule has 0 atom stereocenters. The maximum atomic E-state index is 11.8. The Labute approximate surface area is 95.9 Å². The molecule has 1 aliphatic carbocycles. The summed E-state index contributed by atoms with van der Waals surface area (Å²) in [5, 5.41) is 0. The lowest BCUT2D eigenvalue weighted by Crippen LogP contribution is -2.35. The van der Waals surface area contributed by atoms with Gasteiger partial charge in [0.15, 0.2) is 0 Å². The van der Waals surface area contributed by atoms with Crippen LogP contribution in [0.4, 0.5) is 5.69 Å². The Morgan fingerprint density at radius 1 is 1.44 bits per heavy atom. The second kappa shape index (κ2) is 3.75. The zero-order valence-electron chi connectivity index (χ0n) is 9.23. The van der Waals surface area contributed by atoms with E-state index in [1.807, 2.05) is 6.92 Å². The molecule has 5 heteroatoms. The smallest absolute Gasteiger partial charge is 0.216 e. The van der Waals surface area contributed by atoms with Gasteiger partial charge in [0.2, 0.25) is 10.0 Å². The summed E-state index contributed by atoms with van der Waals surface area (Å²) in [6.07, 6.45) is 1.84. The normalized spacial score (nSPS) is 18.3. The van der Waals surface area contributed by atoms with Crippen LogP contribution in [0.25, 0.3) is 0 Å². The second-order valence-corrected chi connectivity index (χ2v) is 6.39. The molecule has 3 N–H and O–H groups in total. The largest absolute Gasteiger partial charge is 0.399 e. The van der Waals surface area contributed by atoms with E-state index in [4.69, 9.17) is 5.73 Å². The maximum absolute atomic E-state index is 11.8. The first kappa shape index (κ1) is 11.4. The van der Waals surface area contributed by atoms with E-state index in [0.29, 0.717) is 5.69 Å². The lowest BCUT2D eigenvalue weighted by molar-refractivity contribution is 0.557. The molecule has 0 spiro atoms. The molecule has 1 aromatic rings. The molecule has 0 aromatic heterocycles. The van der Waals surface area contributed by atoms with Crippen LogP contribution < -0.4 is 10.5 Å². The highest BCUT2D eigenvalue weighted by atomic mass is 32.2. The monoisotopic (exact) mass is 240 g/mol. The molecule has 1 aromatic carbocycles. The molecule has 1 saturated carbocycles. The van der Waals surface area contributed by atoms with Gasteiger partial charge in [-0.2, -0.15) is 0 Å². The summed E-state index contributed by atoms with van der Waals surface area (Å²) in [7, 11) is -3.25. The minimum Gasteiger partial charge on any atom is -0.399 e. The molecule has 1 aliphatic rings. The summed E-state index contributed by atoms with van der Waals surface area (Å²) in [6, 6.07) is 6.96. The summed E-state index contributed by atoms with van der Waals surface area (Å²) in [5.74, 6) is -0.00632. The molecule has 4 nitrogen and oxygen atoms in total. The first-order valence-electron chi connectivity index (χ1n) is 5.25. The van der Waals surface area contributed by atoms with Crippen molar-refractivity contribution in [2.45, 2.75) is 31.1 Å². The number of hydrogen-bond donors (Lipinski definition) is 2. The highest BCUT2D eigenvalue weighted by Crippen LogP contribution is 2.35. The lowest BCUT2D eigenvalue weighted by Gasteiger charge is -2.12. The Hall–Kier alpha value is -1.07. The Morgan fingerprint density at radius 2 is 2.12 bits per heavy atom. The van der Waals surface area contributed by atoms with Crippen molar-refractivity contribution >= 4 is 15.7 Å². The molecule has 88 valence electrons. The van der Waals surface area contributed by atoms with Crippen LogP contribution in [-0.4, -0.2) is 14.0 Å². The fraction of sp³-hybridized carbons (Fsp3) is 0.455. The van der Waals surface area contributed by atoms with E-state index >= 15 is 0 Å². The van der Waals surface area contributed by atoms with E-state index in [0.717, 1.165) is 18.4 Å². The van der Waals surface area contributed by atoms with Crippen molar-refractivity contribution < 1.29 is 8.42 Å². The molecular formula is C11H16N2O2S. The first-order valence-corrected chi connectivity index (χ1v) is 6.90. The molecule has 0 aliphatic heterocycles. The number of nitrogen functional groups attached to an aromatic ring is 1. The number of rotatable bonds is 4. The minimum atomic E-state index is -3.25. The highest BCUT2D eigenvalue weighted by Gasteiger charge is 2.40. The molecule has 1 fully saturated rings. The fourth-order valence-corrected chi connectivity index (χ4v) is 3.25. The van der Waals surface area contributed by atoms with Crippen LogP contribution in [0.15, 0.2) is 24.3 Å². The van der Waals surface area contributed by atoms with Gasteiger partial charge in [-0.25, -0.2) is 13.1 Å². The third kappa shape index (κ3) is 2.96. The average Bonchev–Trinajstić information content (AvgIpc) is 2.80. The number of nitrogens with two attached hydrogens (primary N) is 1. The van der Waals surface area contributed by atoms with Gasteiger partial charge in [0.25, 0.3) is 0 Å². The Kier molecular flexibility index (Phi) is 2.67. The van der Waals surface area contributed by atoms with E-state index in [1.54, 1.807) is 24.3 Å². The van der Waals surface area contributed by atoms with Crippen molar-refractivity contribution in [2.75, 3.05) is 5.73 Å². The van der Waals surface area contributed by atoms with E-state index in [9.17, 15) is 8.42 Å². The van der Waals surface area contributed by atoms with Crippen LogP contribution in [0, 0.1) is 0 Å². The lowest BCUT2D eigenvalue weighted by atomic mass is 10.2. The Balaban J connectivity index is 2.08. The van der Waals surface area contributed by atoms with Crippen LogP contribution in [0.3, 0.4) is 0 Å². The summed E-state index contributed by atoms with van der Waals surface area (Å²) in [4.78, 5) is 0. The number of hydrogen-bond acceptors (Lipinski definition) is 3. The van der Waals surface area contributed by atoms with Gasteiger partial charge < -0.3 is 5.73 Å². The van der Waals surface area contributed by atoms with Gasteiger partial charge in [-0.05, 0) is 37.5 Å². The van der Waals surface area contributed by atoms with Crippen LogP contribution in [-0.2, 0) is 15.8 Å². The van der Waals surface area contributed by atoms with Crippen LogP contribution in [0.5, 0.6) is 0 Å². The molecule has 0 unspecified atom stereocenters. The third-order valence-corrected chi connectivity index (χ3v) is 4.23. The van der Waals surface area contributed by atoms with Crippen molar-refractivity contribution in [1.82, 2.24) is 4.72 Å². The molecule has 0 bridgehead atoms. The topological polar surface area (TPSA) is 72.2 Å². The summed E-state index contributed by atoms with van der Waals surface area (Å²) in [5.41, 5.74) is 6.70. The van der Waals surface area contributed by atoms with Gasteiger partial charge in [-0.3, -0.25) is 0 Å². The maximum Gasteiger partial charge on any atom is 0.216 e. The van der Waals surface area contributed by atoms with Crippen LogP contribution in [0.2, 0.25) is 0 Å². The van der Waals surface area contributed by atoms with Crippen molar-refractivity contribution in [1.29, 1.82) is 0 Å². The number of nitrogens with one attached hydrogen (secondary N) is 1. The van der Waals surface area contributed by atoms with E-state index in [1.165, 1.54) is 0 Å². The van der Waals surface area contributed by atoms with Gasteiger partial charge in [-0.15, -0.1) is 0 Å². The summed E-state index contributed by atoms with van der Waals surface area (Å²) >= 11 is 0. The van der Waals surface area contributed by atoms with E-state index < -0.39 is 10.0 Å². The van der Waals surface area contributed by atoms with Gasteiger partial charge >= 0.3 is 0 Å². The summed E-state index contributed by atoms with van der Waals surface area (Å²) < 4.78 is 26.3. The standard InChI is InChI=1S/C11H16N2O2S/c1-11(5-6-11)13-16(14,15)8-9-3-2-4-10(12)7-9/h2-4,7,13H,5-6,8,12H2,1H3. The number of benzene rings is 1. The van der Waals surface area contributed by atoms with Crippen LogP contribution >= 0.6 is 0 Å². The predicted octanol–water partition coefficient (Wildman–Crippen LogP) is 1.24. The molecule has 0 radical (unpaired) electrons. The molecule has 16 heavy (non-hydrogen) atoms. The van der Waals surface area contributed by atoms with Crippen molar-refractivity contribution in [3.63, 3.8) is 0 Å². The van der Waals surface area contributed by atoms with E-state index in [2.05, 4.69) is 4.72 Å². The Bertz CT molecular complexity index is 492. The second-order valence-electron chi connectivity index (χ2n) is 4.67. The van der Waals surface area contributed by atoms with Gasteiger partial charge in [0.05, 0.1) is 5.75 Å². The molecule has 0 amide bonds. The third-order valence-electron chi connectivity index (χ3n) is 2.71. The van der Waals surface area contributed by atoms with Gasteiger partial charge in [0, 0.05) is 11.2 Å². The van der Waals surface area contributed by atoms with Crippen molar-refractivity contribution in [2.24, 2.45) is 0 Å². The SMILES string of the molecule is CC1(NS(=O)(=O)Cc2cccc(N)c2)CC1. The minimum absolute atomic E-state index is 0.00632. The summed E-state index contributed by atoms with van der Waals surface area (Å²) in [6.45, 7) is 1.92. The zero-order chi connectivity index (χ0) is 11.8. The van der Waals surface area contributed by atoms with Crippen molar-refractivity contribution in [3.8, 4) is 0 Å².